The second-order valence-corrected chi connectivity index (χ2v) is 5.08. The number of furan rings is 1. The molecule has 0 unspecified atom stereocenters. The van der Waals surface area contributed by atoms with E-state index in [-0.39, 0.29) is 0 Å². The second-order valence-electron chi connectivity index (χ2n) is 5.08. The first kappa shape index (κ1) is 13.4. The molecule has 0 spiro atoms. The van der Waals surface area contributed by atoms with E-state index in [1.165, 1.54) is 17.6 Å². The Kier molecular flexibility index (Phi) is 5.02. The van der Waals surface area contributed by atoms with Gasteiger partial charge in [0.05, 0.1) is 12.8 Å². The van der Waals surface area contributed by atoms with Gasteiger partial charge in [0.2, 0.25) is 0 Å². The van der Waals surface area contributed by atoms with Crippen LogP contribution in [0.4, 0.5) is 0 Å². The van der Waals surface area contributed by atoms with Crippen LogP contribution >= 0.6 is 0 Å². The summed E-state index contributed by atoms with van der Waals surface area (Å²) in [5, 5.41) is 3.40. The lowest BCUT2D eigenvalue weighted by atomic mass is 10.1. The van der Waals surface area contributed by atoms with Crippen molar-refractivity contribution in [2.24, 2.45) is 0 Å². The molecular formula is C15H24N2O. The minimum Gasteiger partial charge on any atom is -0.468 e. The number of rotatable bonds is 6. The van der Waals surface area contributed by atoms with Crippen molar-refractivity contribution in [3.05, 3.63) is 35.3 Å². The molecule has 1 aromatic rings. The maximum absolute atomic E-state index is 5.57. The molecule has 0 aliphatic carbocycles. The summed E-state index contributed by atoms with van der Waals surface area (Å²) in [7, 11) is 0. The van der Waals surface area contributed by atoms with Crippen molar-refractivity contribution in [1.82, 2.24) is 10.2 Å². The molecule has 2 rings (SSSR count). The Hall–Kier alpha value is -1.06. The highest BCUT2D eigenvalue weighted by Crippen LogP contribution is 2.17. The SMILES string of the molecule is CCCNCc1occc1CN1CC=C(C)CC1. The van der Waals surface area contributed by atoms with E-state index in [0.717, 1.165) is 44.9 Å². The Morgan fingerprint density at radius 3 is 3.06 bits per heavy atom. The Balaban J connectivity index is 1.87. The van der Waals surface area contributed by atoms with E-state index in [9.17, 15) is 0 Å². The summed E-state index contributed by atoms with van der Waals surface area (Å²) < 4.78 is 5.57. The predicted molar refractivity (Wildman–Crippen MR) is 74.4 cm³/mol. The summed E-state index contributed by atoms with van der Waals surface area (Å²) in [4.78, 5) is 2.47. The van der Waals surface area contributed by atoms with Gasteiger partial charge >= 0.3 is 0 Å². The molecule has 0 amide bonds. The molecule has 0 aromatic carbocycles. The first-order valence-electron chi connectivity index (χ1n) is 6.93. The van der Waals surface area contributed by atoms with Crippen molar-refractivity contribution in [2.75, 3.05) is 19.6 Å². The zero-order valence-corrected chi connectivity index (χ0v) is 11.5. The summed E-state index contributed by atoms with van der Waals surface area (Å²) in [6, 6.07) is 2.11. The van der Waals surface area contributed by atoms with E-state index < -0.39 is 0 Å². The summed E-state index contributed by atoms with van der Waals surface area (Å²) in [5.74, 6) is 1.09. The molecule has 0 atom stereocenters. The Bertz CT molecular complexity index is 395. The van der Waals surface area contributed by atoms with E-state index in [0.29, 0.717) is 0 Å². The second kappa shape index (κ2) is 6.76. The van der Waals surface area contributed by atoms with Crippen LogP contribution in [0.1, 0.15) is 38.0 Å². The third kappa shape index (κ3) is 3.72. The molecule has 0 saturated heterocycles. The largest absolute Gasteiger partial charge is 0.468 e. The predicted octanol–water partition coefficient (Wildman–Crippen LogP) is 2.93. The molecule has 1 N–H and O–H groups in total. The van der Waals surface area contributed by atoms with E-state index in [4.69, 9.17) is 4.42 Å². The molecular weight excluding hydrogens is 224 g/mol. The number of nitrogens with zero attached hydrogens (tertiary/aromatic N) is 1. The van der Waals surface area contributed by atoms with Crippen LogP contribution < -0.4 is 5.32 Å². The standard InChI is InChI=1S/C15H24N2O/c1-3-7-16-11-15-14(6-10-18-15)12-17-8-4-13(2)5-9-17/h4,6,10,16H,3,5,7-9,11-12H2,1-2H3. The van der Waals surface area contributed by atoms with Crippen LogP contribution in [0.5, 0.6) is 0 Å². The van der Waals surface area contributed by atoms with Gasteiger partial charge in [-0.1, -0.05) is 18.6 Å². The molecule has 1 aromatic heterocycles. The van der Waals surface area contributed by atoms with E-state index in [2.05, 4.69) is 36.2 Å². The van der Waals surface area contributed by atoms with Crippen LogP contribution in [0.15, 0.2) is 28.4 Å². The van der Waals surface area contributed by atoms with Crippen molar-refractivity contribution in [2.45, 2.75) is 39.8 Å². The first-order chi connectivity index (χ1) is 8.79. The first-order valence-corrected chi connectivity index (χ1v) is 6.93. The molecule has 1 aliphatic heterocycles. The maximum Gasteiger partial charge on any atom is 0.122 e. The van der Waals surface area contributed by atoms with Crippen LogP contribution in [-0.2, 0) is 13.1 Å². The lowest BCUT2D eigenvalue weighted by Gasteiger charge is -2.25. The van der Waals surface area contributed by atoms with Gasteiger partial charge in [-0.05, 0) is 32.4 Å². The monoisotopic (exact) mass is 248 g/mol. The average Bonchev–Trinajstić information content (AvgIpc) is 2.80. The molecule has 3 nitrogen and oxygen atoms in total. The maximum atomic E-state index is 5.57. The summed E-state index contributed by atoms with van der Waals surface area (Å²) in [5.41, 5.74) is 2.84. The molecule has 0 saturated carbocycles. The molecule has 0 fully saturated rings. The van der Waals surface area contributed by atoms with Gasteiger partial charge in [0.25, 0.3) is 0 Å². The minimum atomic E-state index is 0.846. The van der Waals surface area contributed by atoms with Gasteiger partial charge in [0.15, 0.2) is 0 Å². The minimum absolute atomic E-state index is 0.846. The quantitative estimate of drug-likeness (QED) is 0.620. The molecule has 18 heavy (non-hydrogen) atoms. The molecule has 100 valence electrons. The van der Waals surface area contributed by atoms with Crippen LogP contribution in [-0.4, -0.2) is 24.5 Å². The van der Waals surface area contributed by atoms with Gasteiger partial charge < -0.3 is 9.73 Å². The van der Waals surface area contributed by atoms with E-state index >= 15 is 0 Å². The third-order valence-corrected chi connectivity index (χ3v) is 3.46. The van der Waals surface area contributed by atoms with E-state index in [1.807, 2.05) is 6.26 Å². The highest BCUT2D eigenvalue weighted by molar-refractivity contribution is 5.17. The van der Waals surface area contributed by atoms with Gasteiger partial charge in [-0.25, -0.2) is 0 Å². The van der Waals surface area contributed by atoms with Gasteiger partial charge in [-0.2, -0.15) is 0 Å². The number of hydrogen-bond donors (Lipinski definition) is 1. The molecule has 1 aliphatic rings. The van der Waals surface area contributed by atoms with Gasteiger partial charge in [-0.3, -0.25) is 4.90 Å². The smallest absolute Gasteiger partial charge is 0.122 e. The van der Waals surface area contributed by atoms with Crippen molar-refractivity contribution >= 4 is 0 Å². The molecule has 0 bridgehead atoms. The van der Waals surface area contributed by atoms with Crippen molar-refractivity contribution in [3.8, 4) is 0 Å². The Labute approximate surface area is 110 Å². The fourth-order valence-electron chi connectivity index (χ4n) is 2.24. The van der Waals surface area contributed by atoms with Crippen molar-refractivity contribution < 1.29 is 4.42 Å². The zero-order chi connectivity index (χ0) is 12.8. The number of hydrogen-bond acceptors (Lipinski definition) is 3. The fourth-order valence-corrected chi connectivity index (χ4v) is 2.24. The highest BCUT2D eigenvalue weighted by atomic mass is 16.3. The highest BCUT2D eigenvalue weighted by Gasteiger charge is 2.13. The Morgan fingerprint density at radius 2 is 2.33 bits per heavy atom. The fraction of sp³-hybridized carbons (Fsp3) is 0.600. The number of nitrogens with one attached hydrogen (secondary N) is 1. The summed E-state index contributed by atoms with van der Waals surface area (Å²) in [6.07, 6.45) is 6.50. The summed E-state index contributed by atoms with van der Waals surface area (Å²) >= 11 is 0. The van der Waals surface area contributed by atoms with Crippen LogP contribution in [0.25, 0.3) is 0 Å². The van der Waals surface area contributed by atoms with Gasteiger partial charge in [-0.15, -0.1) is 0 Å². The van der Waals surface area contributed by atoms with Crippen molar-refractivity contribution in [3.63, 3.8) is 0 Å². The zero-order valence-electron chi connectivity index (χ0n) is 11.5. The molecule has 0 radical (unpaired) electrons. The molecule has 3 heteroatoms. The summed E-state index contributed by atoms with van der Waals surface area (Å²) in [6.45, 7) is 9.52. The van der Waals surface area contributed by atoms with Gasteiger partial charge in [0, 0.05) is 25.2 Å². The topological polar surface area (TPSA) is 28.4 Å². The Morgan fingerprint density at radius 1 is 1.44 bits per heavy atom. The average molecular weight is 248 g/mol. The normalized spacial score (nSPS) is 16.9. The molecule has 2 heterocycles. The third-order valence-electron chi connectivity index (χ3n) is 3.46. The van der Waals surface area contributed by atoms with Crippen molar-refractivity contribution in [1.29, 1.82) is 0 Å². The van der Waals surface area contributed by atoms with Gasteiger partial charge in [0.1, 0.15) is 5.76 Å². The van der Waals surface area contributed by atoms with Crippen LogP contribution in [0, 0.1) is 0 Å². The van der Waals surface area contributed by atoms with E-state index in [1.54, 1.807) is 0 Å². The van der Waals surface area contributed by atoms with Crippen LogP contribution in [0.3, 0.4) is 0 Å². The lowest BCUT2D eigenvalue weighted by Crippen LogP contribution is -2.28. The van der Waals surface area contributed by atoms with Crippen LogP contribution in [0.2, 0.25) is 0 Å². The lowest BCUT2D eigenvalue weighted by molar-refractivity contribution is 0.283.